The van der Waals surface area contributed by atoms with E-state index in [1.807, 2.05) is 0 Å². The fraction of sp³-hybridized carbons (Fsp3) is 0.235. The van der Waals surface area contributed by atoms with Gasteiger partial charge in [0.15, 0.2) is 11.3 Å². The van der Waals surface area contributed by atoms with Gasteiger partial charge in [0.05, 0.1) is 5.56 Å². The Labute approximate surface area is 157 Å². The highest BCUT2D eigenvalue weighted by molar-refractivity contribution is 6.03. The molecule has 3 aromatic rings. The highest BCUT2D eigenvalue weighted by atomic mass is 19.3. The topological polar surface area (TPSA) is 119 Å². The van der Waals surface area contributed by atoms with Crippen LogP contribution in [0.3, 0.4) is 0 Å². The van der Waals surface area contributed by atoms with Crippen LogP contribution in [-0.2, 0) is 4.79 Å². The summed E-state index contributed by atoms with van der Waals surface area (Å²) in [5.74, 6) is -0.563. The van der Waals surface area contributed by atoms with Gasteiger partial charge in [0, 0.05) is 30.7 Å². The van der Waals surface area contributed by atoms with Crippen LogP contribution < -0.4 is 10.1 Å². The molecule has 1 aliphatic rings. The molecule has 0 aromatic carbocycles. The lowest BCUT2D eigenvalue weighted by molar-refractivity contribution is -0.122. The lowest BCUT2D eigenvalue weighted by Crippen LogP contribution is -2.26. The predicted molar refractivity (Wildman–Crippen MR) is 92.0 cm³/mol. The molecule has 2 N–H and O–H groups in total. The Morgan fingerprint density at radius 1 is 1.36 bits per heavy atom. The standard InChI is InChI=1S/C16H13F2N5O2.CH2O2/c17-16(18)25-11-8-9(4-6-19-11)12-13(15(24)21-10-2-3-10)22-23-7-1-5-20-14(12)23;2-1-3/h1,4-8,10,16H,2-3H2,(H,21,24);1H,(H,2,3). The molecular weight excluding hydrogens is 376 g/mol. The number of halogens is 2. The maximum Gasteiger partial charge on any atom is 0.388 e. The van der Waals surface area contributed by atoms with Gasteiger partial charge in [0.1, 0.15) is 0 Å². The first-order chi connectivity index (χ1) is 13.5. The molecule has 3 heterocycles. The second-order valence-electron chi connectivity index (χ2n) is 5.73. The van der Waals surface area contributed by atoms with Crippen LogP contribution in [0.4, 0.5) is 8.78 Å². The number of nitrogens with one attached hydrogen (secondary N) is 1. The molecule has 11 heteroatoms. The average molecular weight is 391 g/mol. The van der Waals surface area contributed by atoms with Crippen molar-refractivity contribution in [2.45, 2.75) is 25.5 Å². The van der Waals surface area contributed by atoms with Crippen LogP contribution in [-0.4, -0.2) is 49.7 Å². The number of alkyl halides is 2. The summed E-state index contributed by atoms with van der Waals surface area (Å²) in [6.45, 7) is -3.23. The number of carboxylic acid groups (broad SMARTS) is 1. The van der Waals surface area contributed by atoms with E-state index in [2.05, 4.69) is 25.1 Å². The van der Waals surface area contributed by atoms with Crippen molar-refractivity contribution in [1.29, 1.82) is 0 Å². The Balaban J connectivity index is 0.000000706. The van der Waals surface area contributed by atoms with Gasteiger partial charge >= 0.3 is 6.61 Å². The smallest absolute Gasteiger partial charge is 0.388 e. The molecule has 1 amide bonds. The zero-order valence-corrected chi connectivity index (χ0v) is 14.3. The molecule has 1 fully saturated rings. The van der Waals surface area contributed by atoms with Crippen LogP contribution in [0.2, 0.25) is 0 Å². The molecule has 146 valence electrons. The molecule has 0 atom stereocenters. The minimum Gasteiger partial charge on any atom is -0.483 e. The van der Waals surface area contributed by atoms with Gasteiger partial charge in [-0.15, -0.1) is 0 Å². The molecule has 28 heavy (non-hydrogen) atoms. The molecule has 0 radical (unpaired) electrons. The number of rotatable bonds is 5. The summed E-state index contributed by atoms with van der Waals surface area (Å²) in [6, 6.07) is 4.78. The number of ether oxygens (including phenoxy) is 1. The van der Waals surface area contributed by atoms with Gasteiger partial charge in [-0.1, -0.05) is 0 Å². The first-order valence-electron chi connectivity index (χ1n) is 8.16. The molecular formula is C17H15F2N5O4. The van der Waals surface area contributed by atoms with Crippen LogP contribution in [0.15, 0.2) is 36.8 Å². The third-order valence-electron chi connectivity index (χ3n) is 3.76. The van der Waals surface area contributed by atoms with Gasteiger partial charge in [0.25, 0.3) is 12.4 Å². The molecule has 0 saturated heterocycles. The van der Waals surface area contributed by atoms with E-state index in [-0.39, 0.29) is 30.0 Å². The Morgan fingerprint density at radius 2 is 2.11 bits per heavy atom. The fourth-order valence-corrected chi connectivity index (χ4v) is 2.51. The second-order valence-corrected chi connectivity index (χ2v) is 5.73. The zero-order valence-electron chi connectivity index (χ0n) is 14.3. The maximum atomic E-state index is 12.5. The van der Waals surface area contributed by atoms with Crippen LogP contribution >= 0.6 is 0 Å². The van der Waals surface area contributed by atoms with E-state index in [9.17, 15) is 13.6 Å². The molecule has 1 aliphatic carbocycles. The van der Waals surface area contributed by atoms with Gasteiger partial charge in [0.2, 0.25) is 5.88 Å². The van der Waals surface area contributed by atoms with Crippen molar-refractivity contribution in [2.24, 2.45) is 0 Å². The van der Waals surface area contributed by atoms with E-state index >= 15 is 0 Å². The third kappa shape index (κ3) is 4.37. The largest absolute Gasteiger partial charge is 0.483 e. The number of carbonyl (C=O) groups is 2. The Hall–Kier alpha value is -3.63. The Morgan fingerprint density at radius 3 is 2.79 bits per heavy atom. The molecule has 4 rings (SSSR count). The Kier molecular flexibility index (Phi) is 5.72. The van der Waals surface area contributed by atoms with Crippen LogP contribution in [0.1, 0.15) is 23.3 Å². The molecule has 0 unspecified atom stereocenters. The number of nitrogens with zero attached hydrogens (tertiary/aromatic N) is 4. The summed E-state index contributed by atoms with van der Waals surface area (Å²) in [4.78, 5) is 28.9. The number of fused-ring (bicyclic) bond motifs is 1. The van der Waals surface area contributed by atoms with Crippen molar-refractivity contribution in [3.05, 3.63) is 42.5 Å². The van der Waals surface area contributed by atoms with Gasteiger partial charge in [-0.3, -0.25) is 9.59 Å². The first-order valence-corrected chi connectivity index (χ1v) is 8.16. The van der Waals surface area contributed by atoms with Crippen molar-refractivity contribution >= 4 is 18.0 Å². The van der Waals surface area contributed by atoms with E-state index in [1.165, 1.54) is 16.8 Å². The number of hydrogen-bond donors (Lipinski definition) is 2. The monoisotopic (exact) mass is 391 g/mol. The Bertz CT molecular complexity index is 991. The first kappa shape index (κ1) is 19.1. The zero-order chi connectivity index (χ0) is 20.1. The van der Waals surface area contributed by atoms with Crippen molar-refractivity contribution in [1.82, 2.24) is 24.9 Å². The van der Waals surface area contributed by atoms with E-state index in [0.717, 1.165) is 12.8 Å². The van der Waals surface area contributed by atoms with Gasteiger partial charge < -0.3 is 15.2 Å². The normalized spacial score (nSPS) is 13.0. The van der Waals surface area contributed by atoms with Crippen LogP contribution in [0, 0.1) is 0 Å². The average Bonchev–Trinajstić information content (AvgIpc) is 3.38. The van der Waals surface area contributed by atoms with Crippen LogP contribution in [0.5, 0.6) is 5.88 Å². The highest BCUT2D eigenvalue weighted by Crippen LogP contribution is 2.30. The van der Waals surface area contributed by atoms with Crippen molar-refractivity contribution in [3.63, 3.8) is 0 Å². The maximum absolute atomic E-state index is 12.5. The number of carbonyl (C=O) groups excluding carboxylic acids is 1. The number of pyridine rings is 1. The summed E-state index contributed by atoms with van der Waals surface area (Å²) in [7, 11) is 0. The molecule has 0 bridgehead atoms. The second kappa shape index (κ2) is 8.37. The fourth-order valence-electron chi connectivity index (χ4n) is 2.51. The predicted octanol–water partition coefficient (Wildman–Crippen LogP) is 1.99. The molecule has 0 spiro atoms. The highest BCUT2D eigenvalue weighted by Gasteiger charge is 2.28. The summed E-state index contributed by atoms with van der Waals surface area (Å²) in [5.41, 5.74) is 1.54. The van der Waals surface area contributed by atoms with Crippen molar-refractivity contribution in [3.8, 4) is 17.0 Å². The van der Waals surface area contributed by atoms with E-state index in [0.29, 0.717) is 16.8 Å². The third-order valence-corrected chi connectivity index (χ3v) is 3.76. The molecule has 9 nitrogen and oxygen atoms in total. The van der Waals surface area contributed by atoms with Gasteiger partial charge in [-0.25, -0.2) is 14.5 Å². The summed E-state index contributed by atoms with van der Waals surface area (Å²) >= 11 is 0. The summed E-state index contributed by atoms with van der Waals surface area (Å²) in [6.07, 6.45) is 6.45. The molecule has 0 aliphatic heterocycles. The minimum absolute atomic E-state index is 0.160. The lowest BCUT2D eigenvalue weighted by atomic mass is 10.1. The number of aromatic nitrogens is 4. The number of hydrogen-bond acceptors (Lipinski definition) is 6. The van der Waals surface area contributed by atoms with Gasteiger partial charge in [-0.2, -0.15) is 13.9 Å². The quantitative estimate of drug-likeness (QED) is 0.639. The van der Waals surface area contributed by atoms with E-state index in [4.69, 9.17) is 9.90 Å². The van der Waals surface area contributed by atoms with Crippen LogP contribution in [0.25, 0.3) is 16.8 Å². The van der Waals surface area contributed by atoms with Crippen molar-refractivity contribution < 1.29 is 28.2 Å². The molecule has 1 saturated carbocycles. The van der Waals surface area contributed by atoms with E-state index in [1.54, 1.807) is 24.5 Å². The van der Waals surface area contributed by atoms with E-state index < -0.39 is 6.61 Å². The molecule has 3 aromatic heterocycles. The lowest BCUT2D eigenvalue weighted by Gasteiger charge is -2.07. The number of amides is 1. The summed E-state index contributed by atoms with van der Waals surface area (Å²) in [5, 5.41) is 14.1. The van der Waals surface area contributed by atoms with Crippen molar-refractivity contribution in [2.75, 3.05) is 0 Å². The van der Waals surface area contributed by atoms with Gasteiger partial charge in [-0.05, 0) is 30.5 Å². The SMILES string of the molecule is O=C(NC1CC1)c1nn2cccnc2c1-c1ccnc(OC(F)F)c1.O=CO. The summed E-state index contributed by atoms with van der Waals surface area (Å²) < 4.78 is 30.7. The minimum atomic E-state index is -2.98.